The summed E-state index contributed by atoms with van der Waals surface area (Å²) in [5.41, 5.74) is 1.31. The van der Waals surface area contributed by atoms with Gasteiger partial charge in [0.15, 0.2) is 0 Å². The van der Waals surface area contributed by atoms with Crippen LogP contribution in [0.1, 0.15) is 11.4 Å². The van der Waals surface area contributed by atoms with Crippen LogP contribution in [0.4, 0.5) is 11.6 Å². The Kier molecular flexibility index (Phi) is 5.97. The summed E-state index contributed by atoms with van der Waals surface area (Å²) < 4.78 is 5.02. The molecule has 0 unspecified atom stereocenters. The Morgan fingerprint density at radius 1 is 1.00 bits per heavy atom. The molecule has 2 rings (SSSR count). The van der Waals surface area contributed by atoms with E-state index in [4.69, 9.17) is 4.74 Å². The lowest BCUT2D eigenvalue weighted by atomic mass is 10.1. The Labute approximate surface area is 125 Å². The number of nitrogens with one attached hydrogen (secondary N) is 2. The van der Waals surface area contributed by atoms with Crippen molar-refractivity contribution in [1.29, 1.82) is 0 Å². The van der Waals surface area contributed by atoms with Crippen molar-refractivity contribution in [3.05, 3.63) is 47.8 Å². The maximum absolute atomic E-state index is 5.02. The van der Waals surface area contributed by atoms with Crippen LogP contribution >= 0.6 is 0 Å². The van der Waals surface area contributed by atoms with E-state index in [-0.39, 0.29) is 0 Å². The van der Waals surface area contributed by atoms with E-state index in [9.17, 15) is 0 Å². The average molecular weight is 286 g/mol. The lowest BCUT2D eigenvalue weighted by molar-refractivity contribution is 0.210. The molecule has 0 saturated heterocycles. The van der Waals surface area contributed by atoms with E-state index in [0.29, 0.717) is 6.61 Å². The van der Waals surface area contributed by atoms with E-state index in [1.807, 2.05) is 19.1 Å². The third-order valence-corrected chi connectivity index (χ3v) is 3.01. The van der Waals surface area contributed by atoms with E-state index in [1.54, 1.807) is 7.11 Å². The monoisotopic (exact) mass is 286 g/mol. The van der Waals surface area contributed by atoms with Crippen LogP contribution in [0.5, 0.6) is 0 Å². The Hall–Kier alpha value is -2.14. The lowest BCUT2D eigenvalue weighted by Crippen LogP contribution is -2.12. The molecule has 0 fully saturated rings. The molecule has 112 valence electrons. The largest absolute Gasteiger partial charge is 0.383 e. The standard InChI is InChI=1S/C16H22N4O/c1-13-19-15(12-16(20-13)18-10-11-21-2)17-9-8-14-6-4-3-5-7-14/h3-7,12H,8-11H2,1-2H3,(H2,17,18,19,20). The summed E-state index contributed by atoms with van der Waals surface area (Å²) in [6, 6.07) is 12.3. The van der Waals surface area contributed by atoms with Crippen LogP contribution in [0, 0.1) is 6.92 Å². The molecule has 1 aromatic heterocycles. The van der Waals surface area contributed by atoms with Crippen molar-refractivity contribution in [1.82, 2.24) is 9.97 Å². The molecule has 0 radical (unpaired) electrons. The number of rotatable bonds is 8. The van der Waals surface area contributed by atoms with Gasteiger partial charge in [-0.2, -0.15) is 0 Å². The minimum atomic E-state index is 0.653. The summed E-state index contributed by atoms with van der Waals surface area (Å²) in [5.74, 6) is 2.42. The van der Waals surface area contributed by atoms with Crippen LogP contribution in [0.25, 0.3) is 0 Å². The van der Waals surface area contributed by atoms with E-state index in [0.717, 1.165) is 37.0 Å². The van der Waals surface area contributed by atoms with Crippen LogP contribution in [0.3, 0.4) is 0 Å². The zero-order valence-corrected chi connectivity index (χ0v) is 12.6. The molecule has 0 atom stereocenters. The molecule has 0 amide bonds. The van der Waals surface area contributed by atoms with Crippen LogP contribution in [0.2, 0.25) is 0 Å². The number of ether oxygens (including phenoxy) is 1. The van der Waals surface area contributed by atoms with Crippen molar-refractivity contribution in [3.63, 3.8) is 0 Å². The summed E-state index contributed by atoms with van der Waals surface area (Å²) in [7, 11) is 1.68. The van der Waals surface area contributed by atoms with Gasteiger partial charge in [0.25, 0.3) is 0 Å². The molecule has 2 aromatic rings. The lowest BCUT2D eigenvalue weighted by Gasteiger charge is -2.10. The van der Waals surface area contributed by atoms with E-state index < -0.39 is 0 Å². The van der Waals surface area contributed by atoms with Crippen molar-refractivity contribution in [2.75, 3.05) is 37.4 Å². The smallest absolute Gasteiger partial charge is 0.131 e. The van der Waals surface area contributed by atoms with Crippen molar-refractivity contribution in [2.45, 2.75) is 13.3 Å². The number of methoxy groups -OCH3 is 1. The Morgan fingerprint density at radius 2 is 1.67 bits per heavy atom. The molecule has 0 aliphatic rings. The molecular weight excluding hydrogens is 264 g/mol. The normalized spacial score (nSPS) is 10.4. The quantitative estimate of drug-likeness (QED) is 0.730. The summed E-state index contributed by atoms with van der Waals surface area (Å²) in [5, 5.41) is 6.56. The average Bonchev–Trinajstić information content (AvgIpc) is 2.48. The van der Waals surface area contributed by atoms with E-state index in [2.05, 4.69) is 44.9 Å². The number of nitrogens with zero attached hydrogens (tertiary/aromatic N) is 2. The number of hydrogen-bond acceptors (Lipinski definition) is 5. The first-order valence-corrected chi connectivity index (χ1v) is 7.14. The minimum Gasteiger partial charge on any atom is -0.383 e. The summed E-state index contributed by atoms with van der Waals surface area (Å²) in [6.07, 6.45) is 0.969. The van der Waals surface area contributed by atoms with Crippen LogP contribution in [0.15, 0.2) is 36.4 Å². The van der Waals surface area contributed by atoms with Crippen molar-refractivity contribution < 1.29 is 4.74 Å². The molecule has 0 aliphatic heterocycles. The van der Waals surface area contributed by atoms with Crippen LogP contribution in [-0.2, 0) is 11.2 Å². The first kappa shape index (κ1) is 15.3. The number of anilines is 2. The van der Waals surface area contributed by atoms with Gasteiger partial charge in [-0.25, -0.2) is 9.97 Å². The van der Waals surface area contributed by atoms with Gasteiger partial charge in [-0.1, -0.05) is 30.3 Å². The highest BCUT2D eigenvalue weighted by Crippen LogP contribution is 2.11. The zero-order valence-electron chi connectivity index (χ0n) is 12.6. The molecule has 0 spiro atoms. The summed E-state index contributed by atoms with van der Waals surface area (Å²) in [4.78, 5) is 8.75. The van der Waals surface area contributed by atoms with Gasteiger partial charge >= 0.3 is 0 Å². The van der Waals surface area contributed by atoms with Crippen molar-refractivity contribution >= 4 is 11.6 Å². The van der Waals surface area contributed by atoms with Crippen molar-refractivity contribution in [2.24, 2.45) is 0 Å². The second-order valence-corrected chi connectivity index (χ2v) is 4.77. The van der Waals surface area contributed by atoms with E-state index >= 15 is 0 Å². The van der Waals surface area contributed by atoms with Crippen molar-refractivity contribution in [3.8, 4) is 0 Å². The second-order valence-electron chi connectivity index (χ2n) is 4.77. The first-order chi connectivity index (χ1) is 10.3. The minimum absolute atomic E-state index is 0.653. The third-order valence-electron chi connectivity index (χ3n) is 3.01. The van der Waals surface area contributed by atoms with Gasteiger partial charge in [-0.15, -0.1) is 0 Å². The van der Waals surface area contributed by atoms with Gasteiger partial charge in [-0.05, 0) is 18.9 Å². The van der Waals surface area contributed by atoms with Gasteiger partial charge < -0.3 is 15.4 Å². The Bertz CT molecular complexity index is 545. The highest BCUT2D eigenvalue weighted by atomic mass is 16.5. The third kappa shape index (κ3) is 5.39. The first-order valence-electron chi connectivity index (χ1n) is 7.14. The highest BCUT2D eigenvalue weighted by molar-refractivity contribution is 5.47. The molecule has 5 heteroatoms. The zero-order chi connectivity index (χ0) is 14.9. The van der Waals surface area contributed by atoms with Gasteiger partial charge in [0.2, 0.25) is 0 Å². The van der Waals surface area contributed by atoms with E-state index in [1.165, 1.54) is 5.56 Å². The molecule has 2 N–H and O–H groups in total. The fourth-order valence-corrected chi connectivity index (χ4v) is 2.01. The fourth-order valence-electron chi connectivity index (χ4n) is 2.01. The molecule has 0 aliphatic carbocycles. The maximum atomic E-state index is 5.02. The van der Waals surface area contributed by atoms with Gasteiger partial charge in [0.1, 0.15) is 17.5 Å². The molecule has 0 bridgehead atoms. The molecule has 0 saturated carbocycles. The maximum Gasteiger partial charge on any atom is 0.131 e. The van der Waals surface area contributed by atoms with Gasteiger partial charge in [0.05, 0.1) is 6.61 Å². The number of hydrogen-bond donors (Lipinski definition) is 2. The Balaban J connectivity index is 1.87. The molecule has 1 aromatic carbocycles. The number of benzene rings is 1. The highest BCUT2D eigenvalue weighted by Gasteiger charge is 2.01. The van der Waals surface area contributed by atoms with Crippen LogP contribution in [-0.4, -0.2) is 36.8 Å². The summed E-state index contributed by atoms with van der Waals surface area (Å²) >= 11 is 0. The molecule has 5 nitrogen and oxygen atoms in total. The molecule has 21 heavy (non-hydrogen) atoms. The Morgan fingerprint density at radius 3 is 2.33 bits per heavy atom. The molecule has 1 heterocycles. The van der Waals surface area contributed by atoms with Gasteiger partial charge in [0, 0.05) is 26.3 Å². The molecular formula is C16H22N4O. The topological polar surface area (TPSA) is 59.1 Å². The SMILES string of the molecule is COCCNc1cc(NCCc2ccccc2)nc(C)n1. The number of aryl methyl sites for hydroxylation is 1. The van der Waals surface area contributed by atoms with Crippen LogP contribution < -0.4 is 10.6 Å². The predicted molar refractivity (Wildman–Crippen MR) is 85.8 cm³/mol. The second kappa shape index (κ2) is 8.21. The number of aromatic nitrogens is 2. The summed E-state index contributed by atoms with van der Waals surface area (Å²) in [6.45, 7) is 4.12. The predicted octanol–water partition coefficient (Wildman–Crippen LogP) is 2.50. The fraction of sp³-hybridized carbons (Fsp3) is 0.375. The van der Waals surface area contributed by atoms with Gasteiger partial charge in [-0.3, -0.25) is 0 Å².